The summed E-state index contributed by atoms with van der Waals surface area (Å²) in [5.41, 5.74) is 4.62. The number of aliphatic hydroxyl groups excluding tert-OH is 1. The van der Waals surface area contributed by atoms with E-state index < -0.39 is 48.6 Å². The molecule has 4 amide bonds. The van der Waals surface area contributed by atoms with E-state index in [1.54, 1.807) is 104 Å². The van der Waals surface area contributed by atoms with Gasteiger partial charge in [-0.3, -0.25) is 0 Å². The van der Waals surface area contributed by atoms with Gasteiger partial charge in [0, 0.05) is 23.3 Å². The lowest BCUT2D eigenvalue weighted by Crippen LogP contribution is -2.31. The highest BCUT2D eigenvalue weighted by atomic mass is 16.6. The summed E-state index contributed by atoms with van der Waals surface area (Å²) >= 11 is 0. The summed E-state index contributed by atoms with van der Waals surface area (Å²) in [7, 11) is 0. The number of aliphatic hydroxyl groups is 1. The normalized spacial score (nSPS) is 10.7. The molecule has 20 nitrogen and oxygen atoms in total. The Labute approximate surface area is 427 Å². The zero-order valence-corrected chi connectivity index (χ0v) is 41.4. The van der Waals surface area contributed by atoms with Crippen LogP contribution in [-0.4, -0.2) is 106 Å². The molecule has 4 aromatic carbocycles. The van der Waals surface area contributed by atoms with Gasteiger partial charge in [-0.05, 0) is 115 Å². The quantitative estimate of drug-likeness (QED) is 0.00828. The van der Waals surface area contributed by atoms with Crippen LogP contribution in [-0.2, 0) is 33.3 Å². The van der Waals surface area contributed by atoms with Crippen LogP contribution in [0.2, 0.25) is 0 Å². The van der Waals surface area contributed by atoms with Crippen LogP contribution in [0.3, 0.4) is 0 Å². The molecule has 0 bridgehead atoms. The Morgan fingerprint density at radius 1 is 0.405 bits per heavy atom. The molecule has 0 aliphatic heterocycles. The average molecular weight is 1020 g/mol. The second kappa shape index (κ2) is 29.4. The van der Waals surface area contributed by atoms with E-state index in [4.69, 9.17) is 37.9 Å². The molecule has 0 heterocycles. The number of benzene rings is 4. The van der Waals surface area contributed by atoms with Gasteiger partial charge < -0.3 is 64.3 Å². The predicted molar refractivity (Wildman–Crippen MR) is 271 cm³/mol. The van der Waals surface area contributed by atoms with Crippen molar-refractivity contribution in [3.8, 4) is 23.0 Å². The van der Waals surface area contributed by atoms with E-state index in [1.807, 2.05) is 0 Å². The van der Waals surface area contributed by atoms with E-state index in [1.165, 1.54) is 20.8 Å². The maximum Gasteiger partial charge on any atom is 0.412 e. The number of carbonyl (C=O) groups excluding carboxylic acids is 7. The van der Waals surface area contributed by atoms with Gasteiger partial charge in [-0.15, -0.1) is 0 Å². The third kappa shape index (κ3) is 19.6. The average Bonchev–Trinajstić information content (AvgIpc) is 3.37. The molecular formula is C54H58N4O16. The van der Waals surface area contributed by atoms with Gasteiger partial charge in [-0.25, -0.2) is 33.6 Å². The number of hydrogen-bond acceptors (Lipinski definition) is 16. The standard InChI is InChI=1S/C54H58N4O16/c1-33(2)47(59)67-29-25-55-51(63)71-41-17-9-37(10-18-41)45(38-11-19-42(20-12-38)72-52(64)56-26-30-68-48(60)34(3)4)46(39-13-21-43(22-14-39)73-53(65)57-27-31-69-49(61)35(5)6)40-15-23-44(24-16-40)74-54(66)58-28-32-70-50(62)36(7)8/h9-24,47,59H,1,3,5,7,25-32H2,2,4,6,8H3,(H,55,63)(H,56,64)(H,57,65)(H,58,66). The van der Waals surface area contributed by atoms with Gasteiger partial charge in [0.25, 0.3) is 0 Å². The molecule has 0 aliphatic carbocycles. The van der Waals surface area contributed by atoms with Crippen LogP contribution in [0.4, 0.5) is 19.2 Å². The van der Waals surface area contributed by atoms with Crippen LogP contribution in [0, 0.1) is 0 Å². The highest BCUT2D eigenvalue weighted by Gasteiger charge is 2.20. The molecule has 4 aromatic rings. The van der Waals surface area contributed by atoms with E-state index in [-0.39, 0.29) is 92.3 Å². The molecule has 74 heavy (non-hydrogen) atoms. The highest BCUT2D eigenvalue weighted by Crippen LogP contribution is 2.39. The van der Waals surface area contributed by atoms with Crippen molar-refractivity contribution in [2.45, 2.75) is 34.0 Å². The molecule has 4 rings (SSSR count). The predicted octanol–water partition coefficient (Wildman–Crippen LogP) is 7.32. The Kier molecular flexibility index (Phi) is 22.8. The van der Waals surface area contributed by atoms with Crippen molar-refractivity contribution in [2.24, 2.45) is 0 Å². The first kappa shape index (κ1) is 57.6. The molecular weight excluding hydrogens is 961 g/mol. The number of ether oxygens (including phenoxy) is 8. The Morgan fingerprint density at radius 3 is 0.851 bits per heavy atom. The molecule has 0 radical (unpaired) electrons. The van der Waals surface area contributed by atoms with Gasteiger partial charge in [0.05, 0.1) is 26.2 Å². The summed E-state index contributed by atoms with van der Waals surface area (Å²) in [6.45, 7) is 19.9. The molecule has 1 atom stereocenters. The van der Waals surface area contributed by atoms with Crippen molar-refractivity contribution >= 4 is 53.4 Å². The van der Waals surface area contributed by atoms with Crippen molar-refractivity contribution in [1.29, 1.82) is 0 Å². The molecule has 0 aliphatic rings. The fraction of sp³-hybridized carbons (Fsp3) is 0.241. The SMILES string of the molecule is C=C(C)C(=O)OCCNC(=O)Oc1ccc(C(=C(c2ccc(OC(=O)NCCOC(=O)C(=C)C)cc2)c2ccc(OC(=O)NCCOC(O)C(=C)C)cc2)c2ccc(OC(=O)NCCOC(=O)C(=C)C)cc2)cc1. The van der Waals surface area contributed by atoms with Gasteiger partial charge in [0.2, 0.25) is 0 Å². The summed E-state index contributed by atoms with van der Waals surface area (Å²) in [5, 5.41) is 19.9. The second-order valence-electron chi connectivity index (χ2n) is 15.9. The van der Waals surface area contributed by atoms with Crippen LogP contribution in [0.25, 0.3) is 11.1 Å². The minimum Gasteiger partial charge on any atom is -0.460 e. The monoisotopic (exact) mass is 1020 g/mol. The summed E-state index contributed by atoms with van der Waals surface area (Å²) < 4.78 is 42.2. The van der Waals surface area contributed by atoms with Crippen molar-refractivity contribution in [3.63, 3.8) is 0 Å². The first-order chi connectivity index (χ1) is 35.3. The fourth-order valence-corrected chi connectivity index (χ4v) is 5.97. The summed E-state index contributed by atoms with van der Waals surface area (Å²) in [6.07, 6.45) is -4.37. The van der Waals surface area contributed by atoms with Gasteiger partial charge in [-0.1, -0.05) is 74.8 Å². The van der Waals surface area contributed by atoms with Crippen molar-refractivity contribution in [1.82, 2.24) is 21.3 Å². The van der Waals surface area contributed by atoms with Crippen LogP contribution in [0.5, 0.6) is 23.0 Å². The van der Waals surface area contributed by atoms with E-state index in [0.29, 0.717) is 39.0 Å². The maximum absolute atomic E-state index is 12.7. The van der Waals surface area contributed by atoms with Crippen LogP contribution in [0.1, 0.15) is 49.9 Å². The van der Waals surface area contributed by atoms with E-state index in [2.05, 4.69) is 47.6 Å². The van der Waals surface area contributed by atoms with E-state index >= 15 is 0 Å². The van der Waals surface area contributed by atoms with Crippen molar-refractivity contribution in [2.75, 3.05) is 52.6 Å². The third-order valence-corrected chi connectivity index (χ3v) is 9.59. The van der Waals surface area contributed by atoms with Crippen LogP contribution in [0.15, 0.2) is 146 Å². The van der Waals surface area contributed by atoms with Gasteiger partial charge >= 0.3 is 42.3 Å². The fourth-order valence-electron chi connectivity index (χ4n) is 5.97. The molecule has 5 N–H and O–H groups in total. The molecule has 0 spiro atoms. The van der Waals surface area contributed by atoms with E-state index in [0.717, 1.165) is 0 Å². The lowest BCUT2D eigenvalue weighted by molar-refractivity contribution is -0.139. The Balaban J connectivity index is 1.72. The molecule has 20 heteroatoms. The number of hydrogen-bond donors (Lipinski definition) is 5. The Hall–Kier alpha value is -9.01. The first-order valence-corrected chi connectivity index (χ1v) is 22.7. The van der Waals surface area contributed by atoms with Gasteiger partial charge in [-0.2, -0.15) is 0 Å². The summed E-state index contributed by atoms with van der Waals surface area (Å²) in [5.74, 6) is -1.11. The van der Waals surface area contributed by atoms with Gasteiger partial charge in [0.15, 0.2) is 6.29 Å². The number of amides is 4. The van der Waals surface area contributed by atoms with Crippen molar-refractivity contribution in [3.05, 3.63) is 168 Å². The molecule has 0 saturated heterocycles. The number of carbonyl (C=O) groups is 7. The van der Waals surface area contributed by atoms with Crippen LogP contribution < -0.4 is 40.2 Å². The zero-order chi connectivity index (χ0) is 54.2. The maximum atomic E-state index is 12.7. The molecule has 0 aromatic heterocycles. The molecule has 390 valence electrons. The Bertz CT molecular complexity index is 2620. The molecule has 0 saturated carbocycles. The minimum absolute atomic E-state index is 0.00929. The van der Waals surface area contributed by atoms with Crippen LogP contribution >= 0.6 is 0 Å². The summed E-state index contributed by atoms with van der Waals surface area (Å²) in [4.78, 5) is 85.9. The first-order valence-electron chi connectivity index (χ1n) is 22.7. The lowest BCUT2D eigenvalue weighted by Gasteiger charge is -2.19. The van der Waals surface area contributed by atoms with Gasteiger partial charge in [0.1, 0.15) is 42.8 Å². The summed E-state index contributed by atoms with van der Waals surface area (Å²) in [6, 6.07) is 26.3. The topological polar surface area (TPSA) is 262 Å². The molecule has 1 unspecified atom stereocenters. The smallest absolute Gasteiger partial charge is 0.412 e. The number of rotatable bonds is 25. The zero-order valence-electron chi connectivity index (χ0n) is 41.4. The second-order valence-corrected chi connectivity index (χ2v) is 15.9. The highest BCUT2D eigenvalue weighted by molar-refractivity contribution is 6.05. The Morgan fingerprint density at radius 2 is 0.635 bits per heavy atom. The lowest BCUT2D eigenvalue weighted by atomic mass is 9.85. The third-order valence-electron chi connectivity index (χ3n) is 9.59. The van der Waals surface area contributed by atoms with E-state index in [9.17, 15) is 38.7 Å². The number of nitrogens with one attached hydrogen (secondary N) is 4. The largest absolute Gasteiger partial charge is 0.460 e. The van der Waals surface area contributed by atoms with Crippen molar-refractivity contribution < 1.29 is 76.6 Å². The molecule has 0 fully saturated rings. The number of esters is 3. The minimum atomic E-state index is -1.18.